The molecule has 0 aromatic heterocycles. The molecule has 1 fully saturated rings. The summed E-state index contributed by atoms with van der Waals surface area (Å²) < 4.78 is 10.6. The van der Waals surface area contributed by atoms with Crippen LogP contribution in [0.1, 0.15) is 12.0 Å². The molecule has 0 radical (unpaired) electrons. The number of amides is 1. The van der Waals surface area contributed by atoms with E-state index < -0.39 is 0 Å². The largest absolute Gasteiger partial charge is 0.497 e. The molecule has 1 amide bonds. The summed E-state index contributed by atoms with van der Waals surface area (Å²) in [5, 5.41) is 2.94. The monoisotopic (exact) mass is 340 g/mol. The third-order valence-electron chi connectivity index (χ3n) is 4.49. The van der Waals surface area contributed by atoms with Crippen molar-refractivity contribution in [1.82, 2.24) is 0 Å². The molecule has 3 rings (SSSR count). The van der Waals surface area contributed by atoms with E-state index in [4.69, 9.17) is 9.47 Å². The molecule has 5 nitrogen and oxygen atoms in total. The zero-order valence-electron chi connectivity index (χ0n) is 14.7. The number of methoxy groups -OCH3 is 2. The maximum Gasteiger partial charge on any atom is 0.228 e. The molecule has 5 heteroatoms. The molecule has 132 valence electrons. The highest BCUT2D eigenvalue weighted by Gasteiger charge is 2.22. The fourth-order valence-electron chi connectivity index (χ4n) is 3.08. The number of nitrogens with zero attached hydrogens (tertiary/aromatic N) is 1. The van der Waals surface area contributed by atoms with Gasteiger partial charge in [-0.15, -0.1) is 0 Å². The van der Waals surface area contributed by atoms with E-state index in [1.54, 1.807) is 14.2 Å². The molecule has 1 heterocycles. The van der Waals surface area contributed by atoms with Crippen molar-refractivity contribution in [3.63, 3.8) is 0 Å². The van der Waals surface area contributed by atoms with E-state index >= 15 is 0 Å². The Bertz CT molecular complexity index is 715. The highest BCUT2D eigenvalue weighted by Crippen LogP contribution is 2.23. The molecule has 1 aliphatic rings. The van der Waals surface area contributed by atoms with Gasteiger partial charge in [0.05, 0.1) is 19.6 Å². The molecule has 1 aliphatic heterocycles. The lowest BCUT2D eigenvalue weighted by atomic mass is 10.1. The van der Waals surface area contributed by atoms with E-state index in [0.29, 0.717) is 12.5 Å². The fraction of sp³-hybridized carbons (Fsp3) is 0.350. The SMILES string of the molecule is COc1cccc(CC(=O)Nc2ccc(N3CCC(OC)C3)cc2)c1. The van der Waals surface area contributed by atoms with Crippen LogP contribution in [0.4, 0.5) is 11.4 Å². The highest BCUT2D eigenvalue weighted by atomic mass is 16.5. The number of anilines is 2. The second kappa shape index (κ2) is 8.03. The molecule has 0 spiro atoms. The summed E-state index contributed by atoms with van der Waals surface area (Å²) in [6, 6.07) is 15.5. The summed E-state index contributed by atoms with van der Waals surface area (Å²) in [7, 11) is 3.38. The van der Waals surface area contributed by atoms with Crippen LogP contribution in [0.5, 0.6) is 5.75 Å². The number of nitrogens with one attached hydrogen (secondary N) is 1. The number of carbonyl (C=O) groups is 1. The predicted molar refractivity (Wildman–Crippen MR) is 99.4 cm³/mol. The minimum absolute atomic E-state index is 0.0402. The summed E-state index contributed by atoms with van der Waals surface area (Å²) in [4.78, 5) is 14.5. The van der Waals surface area contributed by atoms with Gasteiger partial charge in [-0.3, -0.25) is 4.79 Å². The first-order valence-corrected chi connectivity index (χ1v) is 8.48. The van der Waals surface area contributed by atoms with Crippen LogP contribution < -0.4 is 15.0 Å². The van der Waals surface area contributed by atoms with Gasteiger partial charge in [-0.1, -0.05) is 12.1 Å². The van der Waals surface area contributed by atoms with Crippen LogP contribution in [0.15, 0.2) is 48.5 Å². The van der Waals surface area contributed by atoms with Gasteiger partial charge in [0, 0.05) is 31.6 Å². The Labute approximate surface area is 148 Å². The van der Waals surface area contributed by atoms with E-state index in [0.717, 1.165) is 42.2 Å². The van der Waals surface area contributed by atoms with Gasteiger partial charge in [0.2, 0.25) is 5.91 Å². The van der Waals surface area contributed by atoms with Crippen molar-refractivity contribution >= 4 is 17.3 Å². The minimum Gasteiger partial charge on any atom is -0.497 e. The Morgan fingerprint density at radius 1 is 1.20 bits per heavy atom. The smallest absolute Gasteiger partial charge is 0.228 e. The van der Waals surface area contributed by atoms with E-state index in [-0.39, 0.29) is 5.91 Å². The fourth-order valence-corrected chi connectivity index (χ4v) is 3.08. The van der Waals surface area contributed by atoms with Gasteiger partial charge in [0.15, 0.2) is 0 Å². The molecule has 1 N–H and O–H groups in total. The Hall–Kier alpha value is -2.53. The van der Waals surface area contributed by atoms with Crippen LogP contribution in [-0.2, 0) is 16.0 Å². The molecular weight excluding hydrogens is 316 g/mol. The van der Waals surface area contributed by atoms with Gasteiger partial charge in [-0.2, -0.15) is 0 Å². The summed E-state index contributed by atoms with van der Waals surface area (Å²) in [5.74, 6) is 0.719. The Morgan fingerprint density at radius 2 is 2.00 bits per heavy atom. The van der Waals surface area contributed by atoms with E-state index in [2.05, 4.69) is 10.2 Å². The van der Waals surface area contributed by atoms with Gasteiger partial charge in [-0.05, 0) is 48.4 Å². The van der Waals surface area contributed by atoms with Crippen molar-refractivity contribution in [2.45, 2.75) is 18.9 Å². The zero-order chi connectivity index (χ0) is 17.6. The number of hydrogen-bond donors (Lipinski definition) is 1. The van der Waals surface area contributed by atoms with Crippen LogP contribution >= 0.6 is 0 Å². The number of rotatable bonds is 6. The van der Waals surface area contributed by atoms with Crippen molar-refractivity contribution in [3.8, 4) is 5.75 Å². The maximum atomic E-state index is 12.2. The van der Waals surface area contributed by atoms with Gasteiger partial charge in [0.25, 0.3) is 0 Å². The first-order valence-electron chi connectivity index (χ1n) is 8.48. The third kappa shape index (κ3) is 4.51. The van der Waals surface area contributed by atoms with E-state index in [1.807, 2.05) is 48.5 Å². The molecule has 1 atom stereocenters. The molecule has 0 bridgehead atoms. The Kier molecular flexibility index (Phi) is 5.56. The lowest BCUT2D eigenvalue weighted by molar-refractivity contribution is -0.115. The molecule has 1 unspecified atom stereocenters. The molecular formula is C20H24N2O3. The van der Waals surface area contributed by atoms with E-state index in [9.17, 15) is 4.79 Å². The summed E-state index contributed by atoms with van der Waals surface area (Å²) in [6.45, 7) is 1.91. The number of benzene rings is 2. The second-order valence-corrected chi connectivity index (χ2v) is 6.22. The van der Waals surface area contributed by atoms with Crippen molar-refractivity contribution in [1.29, 1.82) is 0 Å². The van der Waals surface area contributed by atoms with Gasteiger partial charge >= 0.3 is 0 Å². The van der Waals surface area contributed by atoms with Gasteiger partial charge in [-0.25, -0.2) is 0 Å². The van der Waals surface area contributed by atoms with Crippen molar-refractivity contribution in [3.05, 3.63) is 54.1 Å². The summed E-state index contributed by atoms with van der Waals surface area (Å²) >= 11 is 0. The Morgan fingerprint density at radius 3 is 2.68 bits per heavy atom. The molecule has 2 aromatic rings. The third-order valence-corrected chi connectivity index (χ3v) is 4.49. The highest BCUT2D eigenvalue weighted by molar-refractivity contribution is 5.92. The van der Waals surface area contributed by atoms with Crippen LogP contribution in [0.2, 0.25) is 0 Å². The molecule has 1 saturated heterocycles. The molecule has 0 saturated carbocycles. The molecule has 2 aromatic carbocycles. The predicted octanol–water partition coefficient (Wildman–Crippen LogP) is 3.10. The van der Waals surface area contributed by atoms with Crippen LogP contribution in [0, 0.1) is 0 Å². The number of hydrogen-bond acceptors (Lipinski definition) is 4. The van der Waals surface area contributed by atoms with Crippen molar-refractivity contribution < 1.29 is 14.3 Å². The van der Waals surface area contributed by atoms with Crippen LogP contribution in [0.3, 0.4) is 0 Å². The van der Waals surface area contributed by atoms with Crippen LogP contribution in [-0.4, -0.2) is 39.3 Å². The first kappa shape index (κ1) is 17.3. The topological polar surface area (TPSA) is 50.8 Å². The van der Waals surface area contributed by atoms with Crippen molar-refractivity contribution in [2.24, 2.45) is 0 Å². The maximum absolute atomic E-state index is 12.2. The van der Waals surface area contributed by atoms with Crippen molar-refractivity contribution in [2.75, 3.05) is 37.5 Å². The quantitative estimate of drug-likeness (QED) is 0.878. The lowest BCUT2D eigenvalue weighted by Gasteiger charge is -2.18. The lowest BCUT2D eigenvalue weighted by Crippen LogP contribution is -2.22. The van der Waals surface area contributed by atoms with E-state index in [1.165, 1.54) is 0 Å². The number of carbonyl (C=O) groups excluding carboxylic acids is 1. The molecule has 0 aliphatic carbocycles. The summed E-state index contributed by atoms with van der Waals surface area (Å²) in [5.41, 5.74) is 2.89. The normalized spacial score (nSPS) is 16.7. The summed E-state index contributed by atoms with van der Waals surface area (Å²) in [6.07, 6.45) is 1.68. The average Bonchev–Trinajstić information content (AvgIpc) is 3.11. The molecule has 25 heavy (non-hydrogen) atoms. The minimum atomic E-state index is -0.0402. The van der Waals surface area contributed by atoms with Gasteiger partial charge < -0.3 is 19.7 Å². The standard InChI is InChI=1S/C20H24N2O3/c1-24-18-5-3-4-15(12-18)13-20(23)21-16-6-8-17(9-7-16)22-11-10-19(14-22)25-2/h3-9,12,19H,10-11,13-14H2,1-2H3,(H,21,23). The average molecular weight is 340 g/mol. The second-order valence-electron chi connectivity index (χ2n) is 6.22. The Balaban J connectivity index is 1.56. The first-order chi connectivity index (χ1) is 12.2. The number of ether oxygens (including phenoxy) is 2. The zero-order valence-corrected chi connectivity index (χ0v) is 14.7. The van der Waals surface area contributed by atoms with Gasteiger partial charge in [0.1, 0.15) is 5.75 Å². The van der Waals surface area contributed by atoms with Crippen LogP contribution in [0.25, 0.3) is 0 Å².